The molecule has 16 heavy (non-hydrogen) atoms. The lowest BCUT2D eigenvalue weighted by molar-refractivity contribution is 0.602. The standard InChI is InChI=1S/C11H10N2O2S/c1-16(14,15)10-5-2-4-9(8-10)11-12-6-3-7-13-11/h2-8H,1H3. The van der Waals surface area contributed by atoms with Crippen molar-refractivity contribution in [3.05, 3.63) is 42.7 Å². The van der Waals surface area contributed by atoms with Crippen LogP contribution in [0.4, 0.5) is 0 Å². The van der Waals surface area contributed by atoms with Gasteiger partial charge in [-0.15, -0.1) is 0 Å². The molecule has 1 aromatic heterocycles. The first kappa shape index (κ1) is 10.8. The van der Waals surface area contributed by atoms with E-state index in [-0.39, 0.29) is 4.90 Å². The number of nitrogens with zero attached hydrogens (tertiary/aromatic N) is 2. The lowest BCUT2D eigenvalue weighted by atomic mass is 10.2. The maximum absolute atomic E-state index is 11.4. The van der Waals surface area contributed by atoms with Crippen LogP contribution in [0.25, 0.3) is 11.4 Å². The molecule has 1 heterocycles. The first-order chi connectivity index (χ1) is 7.57. The van der Waals surface area contributed by atoms with Gasteiger partial charge in [-0.1, -0.05) is 12.1 Å². The highest BCUT2D eigenvalue weighted by atomic mass is 32.2. The van der Waals surface area contributed by atoms with E-state index in [2.05, 4.69) is 9.97 Å². The van der Waals surface area contributed by atoms with Crippen molar-refractivity contribution in [2.75, 3.05) is 6.26 Å². The van der Waals surface area contributed by atoms with Crippen LogP contribution in [0.1, 0.15) is 0 Å². The SMILES string of the molecule is CS(=O)(=O)c1cccc(-c2ncccn2)c1. The Morgan fingerprint density at radius 3 is 2.38 bits per heavy atom. The second-order valence-corrected chi connectivity index (χ2v) is 5.39. The van der Waals surface area contributed by atoms with Crippen LogP contribution in [0, 0.1) is 0 Å². The van der Waals surface area contributed by atoms with E-state index in [1.54, 1.807) is 42.7 Å². The molecule has 0 unspecified atom stereocenters. The third-order valence-electron chi connectivity index (χ3n) is 2.09. The first-order valence-electron chi connectivity index (χ1n) is 4.65. The molecule has 0 amide bonds. The summed E-state index contributed by atoms with van der Waals surface area (Å²) in [5, 5.41) is 0. The Hall–Kier alpha value is -1.75. The van der Waals surface area contributed by atoms with Crippen molar-refractivity contribution in [1.29, 1.82) is 0 Å². The average Bonchev–Trinajstić information content (AvgIpc) is 2.29. The van der Waals surface area contributed by atoms with Crippen LogP contribution in [-0.2, 0) is 9.84 Å². The number of sulfone groups is 1. The zero-order valence-electron chi connectivity index (χ0n) is 8.66. The third kappa shape index (κ3) is 2.25. The molecule has 82 valence electrons. The summed E-state index contributed by atoms with van der Waals surface area (Å²) in [6, 6.07) is 8.31. The molecule has 0 aliphatic carbocycles. The Morgan fingerprint density at radius 2 is 1.75 bits per heavy atom. The molecule has 0 aliphatic rings. The minimum absolute atomic E-state index is 0.275. The Morgan fingerprint density at radius 1 is 1.06 bits per heavy atom. The highest BCUT2D eigenvalue weighted by Gasteiger charge is 2.08. The van der Waals surface area contributed by atoms with Gasteiger partial charge in [0.25, 0.3) is 0 Å². The molecule has 1 aromatic carbocycles. The average molecular weight is 234 g/mol. The van der Waals surface area contributed by atoms with E-state index in [9.17, 15) is 8.42 Å². The van der Waals surface area contributed by atoms with E-state index in [1.807, 2.05) is 0 Å². The summed E-state index contributed by atoms with van der Waals surface area (Å²) in [6.07, 6.45) is 4.42. The Bertz CT molecular complexity index is 594. The molecule has 0 saturated carbocycles. The van der Waals surface area contributed by atoms with Gasteiger partial charge in [0.15, 0.2) is 15.7 Å². The highest BCUT2D eigenvalue weighted by Crippen LogP contribution is 2.18. The topological polar surface area (TPSA) is 59.9 Å². The van der Waals surface area contributed by atoms with Crippen LogP contribution in [0.5, 0.6) is 0 Å². The van der Waals surface area contributed by atoms with Gasteiger partial charge in [0, 0.05) is 24.2 Å². The van der Waals surface area contributed by atoms with Crippen LogP contribution in [0.3, 0.4) is 0 Å². The van der Waals surface area contributed by atoms with Gasteiger partial charge in [-0.3, -0.25) is 0 Å². The van der Waals surface area contributed by atoms with Crippen molar-refractivity contribution in [3.63, 3.8) is 0 Å². The van der Waals surface area contributed by atoms with Crippen molar-refractivity contribution >= 4 is 9.84 Å². The van der Waals surface area contributed by atoms with E-state index >= 15 is 0 Å². The number of benzene rings is 1. The molecular weight excluding hydrogens is 224 g/mol. The predicted molar refractivity (Wildman–Crippen MR) is 60.6 cm³/mol. The predicted octanol–water partition coefficient (Wildman–Crippen LogP) is 1.55. The molecule has 0 spiro atoms. The number of hydrogen-bond acceptors (Lipinski definition) is 4. The smallest absolute Gasteiger partial charge is 0.175 e. The van der Waals surface area contributed by atoms with E-state index in [1.165, 1.54) is 6.26 Å². The van der Waals surface area contributed by atoms with Crippen LogP contribution in [0.2, 0.25) is 0 Å². The van der Waals surface area contributed by atoms with E-state index in [4.69, 9.17) is 0 Å². The largest absolute Gasteiger partial charge is 0.237 e. The second-order valence-electron chi connectivity index (χ2n) is 3.37. The molecule has 0 aliphatic heterocycles. The van der Waals surface area contributed by atoms with Crippen molar-refractivity contribution in [2.45, 2.75) is 4.90 Å². The molecule has 0 radical (unpaired) electrons. The maximum Gasteiger partial charge on any atom is 0.175 e. The zero-order valence-corrected chi connectivity index (χ0v) is 9.48. The van der Waals surface area contributed by atoms with Crippen LogP contribution in [0.15, 0.2) is 47.6 Å². The quantitative estimate of drug-likeness (QED) is 0.791. The van der Waals surface area contributed by atoms with E-state index in [0.717, 1.165) is 0 Å². The minimum atomic E-state index is -3.19. The van der Waals surface area contributed by atoms with Gasteiger partial charge in [-0.2, -0.15) is 0 Å². The van der Waals surface area contributed by atoms with Gasteiger partial charge in [0.2, 0.25) is 0 Å². The van der Waals surface area contributed by atoms with Crippen molar-refractivity contribution < 1.29 is 8.42 Å². The van der Waals surface area contributed by atoms with Gasteiger partial charge in [-0.05, 0) is 18.2 Å². The van der Waals surface area contributed by atoms with Gasteiger partial charge < -0.3 is 0 Å². The molecule has 0 N–H and O–H groups in total. The fourth-order valence-electron chi connectivity index (χ4n) is 1.31. The zero-order chi connectivity index (χ0) is 11.6. The normalized spacial score (nSPS) is 11.3. The van der Waals surface area contributed by atoms with Crippen LogP contribution >= 0.6 is 0 Å². The molecule has 0 bridgehead atoms. The van der Waals surface area contributed by atoms with Crippen molar-refractivity contribution in [1.82, 2.24) is 9.97 Å². The van der Waals surface area contributed by atoms with E-state index in [0.29, 0.717) is 11.4 Å². The Balaban J connectivity index is 2.53. The number of aromatic nitrogens is 2. The summed E-state index contributed by atoms with van der Waals surface area (Å²) < 4.78 is 22.8. The number of rotatable bonds is 2. The van der Waals surface area contributed by atoms with Gasteiger partial charge in [0.05, 0.1) is 4.90 Å². The molecule has 0 atom stereocenters. The highest BCUT2D eigenvalue weighted by molar-refractivity contribution is 7.90. The Labute approximate surface area is 93.9 Å². The summed E-state index contributed by atoms with van der Waals surface area (Å²) in [5.41, 5.74) is 0.698. The second kappa shape index (κ2) is 4.02. The summed E-state index contributed by atoms with van der Waals surface area (Å²) in [4.78, 5) is 8.41. The maximum atomic E-state index is 11.4. The van der Waals surface area contributed by atoms with Gasteiger partial charge in [-0.25, -0.2) is 18.4 Å². The minimum Gasteiger partial charge on any atom is -0.237 e. The van der Waals surface area contributed by atoms with Crippen molar-refractivity contribution in [2.24, 2.45) is 0 Å². The van der Waals surface area contributed by atoms with Crippen molar-refractivity contribution in [3.8, 4) is 11.4 Å². The molecule has 2 rings (SSSR count). The summed E-state index contributed by atoms with van der Waals surface area (Å²) in [7, 11) is -3.19. The fraction of sp³-hybridized carbons (Fsp3) is 0.0909. The third-order valence-corrected chi connectivity index (χ3v) is 3.20. The van der Waals surface area contributed by atoms with Gasteiger partial charge >= 0.3 is 0 Å². The molecule has 2 aromatic rings. The fourth-order valence-corrected chi connectivity index (χ4v) is 1.98. The monoisotopic (exact) mass is 234 g/mol. The molecule has 0 saturated heterocycles. The lowest BCUT2D eigenvalue weighted by Gasteiger charge is -2.02. The molecule has 5 heteroatoms. The van der Waals surface area contributed by atoms with Crippen LogP contribution < -0.4 is 0 Å². The lowest BCUT2D eigenvalue weighted by Crippen LogP contribution is -1.97. The number of hydrogen-bond donors (Lipinski definition) is 0. The van der Waals surface area contributed by atoms with Gasteiger partial charge in [0.1, 0.15) is 0 Å². The summed E-state index contributed by atoms with van der Waals surface area (Å²) >= 11 is 0. The summed E-state index contributed by atoms with van der Waals surface area (Å²) in [5.74, 6) is 0.521. The van der Waals surface area contributed by atoms with Crippen LogP contribution in [-0.4, -0.2) is 24.6 Å². The summed E-state index contributed by atoms with van der Waals surface area (Å²) in [6.45, 7) is 0. The molecule has 0 fully saturated rings. The molecular formula is C11H10N2O2S. The van der Waals surface area contributed by atoms with E-state index < -0.39 is 9.84 Å². The Kier molecular flexibility index (Phi) is 2.70. The molecule has 4 nitrogen and oxygen atoms in total. The first-order valence-corrected chi connectivity index (χ1v) is 6.54.